The third kappa shape index (κ3) is 13.7. The number of unbranched alkanes of at least 4 members (excludes halogenated alkanes) is 4. The molecule has 9 heteroatoms. The van der Waals surface area contributed by atoms with Crippen molar-refractivity contribution in [2.75, 3.05) is 0 Å². The van der Waals surface area contributed by atoms with E-state index in [1.165, 1.54) is 0 Å². The van der Waals surface area contributed by atoms with Crippen LogP contribution < -0.4 is 51.4 Å². The second-order valence-electron chi connectivity index (χ2n) is 3.82. The van der Waals surface area contributed by atoms with Crippen molar-refractivity contribution in [2.45, 2.75) is 56.6 Å². The zero-order valence-electron chi connectivity index (χ0n) is 10.2. The Bertz CT molecular complexity index is 305. The van der Waals surface area contributed by atoms with Gasteiger partial charge in [0.05, 0.1) is 0 Å². The van der Waals surface area contributed by atoms with Gasteiger partial charge in [0, 0.05) is 6.42 Å². The van der Waals surface area contributed by atoms with Crippen molar-refractivity contribution in [2.24, 2.45) is 0 Å². The van der Waals surface area contributed by atoms with Gasteiger partial charge < -0.3 is 4.55 Å². The Morgan fingerprint density at radius 2 is 1.44 bits per heavy atom. The molecule has 1 atom stereocenters. The third-order valence-electron chi connectivity index (χ3n) is 2.20. The molecule has 0 bridgehead atoms. The summed E-state index contributed by atoms with van der Waals surface area (Å²) in [7, 11) is -4.89. The van der Waals surface area contributed by atoms with Gasteiger partial charge in [-0.15, -0.1) is 0 Å². The van der Waals surface area contributed by atoms with E-state index >= 15 is 0 Å². The Hall–Kier alpha value is 1.27. The summed E-state index contributed by atoms with van der Waals surface area (Å²) in [5, 5.41) is 0. The fraction of sp³-hybridized carbons (Fsp3) is 1.00. The van der Waals surface area contributed by atoms with Crippen LogP contribution in [0.1, 0.15) is 44.9 Å². The topological polar surface area (TPSA) is 57.2 Å². The molecule has 0 N–H and O–H groups in total. The summed E-state index contributed by atoms with van der Waals surface area (Å²) in [5.74, 6) is 0. The van der Waals surface area contributed by atoms with Gasteiger partial charge in [0.15, 0.2) is 5.50 Å². The molecule has 0 aromatic rings. The maximum absolute atomic E-state index is 12.6. The van der Waals surface area contributed by atoms with Crippen molar-refractivity contribution in [3.8, 4) is 0 Å². The quantitative estimate of drug-likeness (QED) is 0.277. The molecule has 0 aliphatic rings. The summed E-state index contributed by atoms with van der Waals surface area (Å²) in [6.07, 6.45) is -3.91. The summed E-state index contributed by atoms with van der Waals surface area (Å²) < 4.78 is 78.2. The molecule has 1 unspecified atom stereocenters. The van der Waals surface area contributed by atoms with Crippen LogP contribution in [0.5, 0.6) is 0 Å². The minimum atomic E-state index is -4.89. The largest absolute Gasteiger partial charge is 1.00 e. The van der Waals surface area contributed by atoms with Gasteiger partial charge in [-0.1, -0.05) is 19.3 Å². The van der Waals surface area contributed by atoms with Crippen LogP contribution in [0.25, 0.3) is 0 Å². The first kappa shape index (κ1) is 21.6. The molecule has 0 rings (SSSR count). The summed E-state index contributed by atoms with van der Waals surface area (Å²) in [5.41, 5.74) is -2.40. The van der Waals surface area contributed by atoms with Crippen LogP contribution in [0.15, 0.2) is 0 Å². The minimum Gasteiger partial charge on any atom is -0.746 e. The van der Waals surface area contributed by atoms with Crippen LogP contribution in [0.4, 0.5) is 17.6 Å². The molecule has 0 amide bonds. The zero-order valence-corrected chi connectivity index (χ0v) is 14.1. The smallest absolute Gasteiger partial charge is 0.746 e. The van der Waals surface area contributed by atoms with Crippen LogP contribution in [0.2, 0.25) is 0 Å². The summed E-state index contributed by atoms with van der Waals surface area (Å²) in [6.45, 7) is 0. The standard InChI is InChI=1S/C9H16F4O3S.K/c10-8(17(14,15)16)6-4-2-1-3-5-7-9(11,12)13;/h8H,1-7H2,(H,14,15,16);/q;+1/p-1. The predicted octanol–water partition coefficient (Wildman–Crippen LogP) is 0.124. The van der Waals surface area contributed by atoms with Crippen LogP contribution in [0.3, 0.4) is 0 Å². The first-order valence-corrected chi connectivity index (χ1v) is 6.75. The van der Waals surface area contributed by atoms with E-state index in [0.29, 0.717) is 19.3 Å². The Morgan fingerprint density at radius 1 is 1.00 bits per heavy atom. The molecule has 0 saturated carbocycles. The van der Waals surface area contributed by atoms with Crippen molar-refractivity contribution >= 4 is 10.1 Å². The molecule has 0 aromatic heterocycles. The summed E-state index contributed by atoms with van der Waals surface area (Å²) in [4.78, 5) is 0. The van der Waals surface area contributed by atoms with Crippen molar-refractivity contribution < 1.29 is 81.9 Å². The van der Waals surface area contributed by atoms with Gasteiger partial charge in [-0.25, -0.2) is 12.8 Å². The molecule has 0 spiro atoms. The Balaban J connectivity index is 0. The zero-order chi connectivity index (χ0) is 13.5. The van der Waals surface area contributed by atoms with Crippen molar-refractivity contribution in [3.63, 3.8) is 0 Å². The molecule has 18 heavy (non-hydrogen) atoms. The van der Waals surface area contributed by atoms with E-state index in [-0.39, 0.29) is 70.6 Å². The number of hydrogen-bond acceptors (Lipinski definition) is 3. The Morgan fingerprint density at radius 3 is 1.89 bits per heavy atom. The van der Waals surface area contributed by atoms with Gasteiger partial charge in [-0.05, 0) is 19.3 Å². The van der Waals surface area contributed by atoms with Crippen LogP contribution >= 0.6 is 0 Å². The van der Waals surface area contributed by atoms with Crippen LogP contribution in [-0.4, -0.2) is 24.7 Å². The minimum absolute atomic E-state index is 0. The molecular weight excluding hydrogens is 303 g/mol. The average molecular weight is 318 g/mol. The molecule has 3 nitrogen and oxygen atoms in total. The Kier molecular flexibility index (Phi) is 12.1. The molecule has 0 heterocycles. The number of halogens is 4. The van der Waals surface area contributed by atoms with Gasteiger partial charge >= 0.3 is 57.6 Å². The molecular formula is C9H15F4KO3S. The molecule has 0 aliphatic carbocycles. The number of rotatable bonds is 8. The number of hydrogen-bond donors (Lipinski definition) is 0. The second kappa shape index (κ2) is 10.1. The maximum atomic E-state index is 12.6. The molecule has 0 radical (unpaired) electrons. The van der Waals surface area contributed by atoms with Gasteiger partial charge in [0.25, 0.3) is 0 Å². The molecule has 0 aliphatic heterocycles. The second-order valence-corrected chi connectivity index (χ2v) is 5.32. The van der Waals surface area contributed by atoms with Crippen LogP contribution in [-0.2, 0) is 10.1 Å². The molecule has 104 valence electrons. The predicted molar refractivity (Wildman–Crippen MR) is 53.0 cm³/mol. The van der Waals surface area contributed by atoms with Gasteiger partial charge in [-0.3, -0.25) is 0 Å². The monoisotopic (exact) mass is 318 g/mol. The third-order valence-corrected chi connectivity index (χ3v) is 3.07. The van der Waals surface area contributed by atoms with E-state index in [1.807, 2.05) is 0 Å². The number of alkyl halides is 4. The van der Waals surface area contributed by atoms with E-state index < -0.39 is 28.2 Å². The Labute approximate surface area is 147 Å². The first-order chi connectivity index (χ1) is 7.63. The fourth-order valence-electron chi connectivity index (χ4n) is 1.30. The molecule has 0 saturated heterocycles. The summed E-state index contributed by atoms with van der Waals surface area (Å²) in [6, 6.07) is 0. The molecule has 0 fully saturated rings. The fourth-order valence-corrected chi connectivity index (χ4v) is 1.76. The molecule has 0 aromatic carbocycles. The average Bonchev–Trinajstić information content (AvgIpc) is 2.12. The van der Waals surface area contributed by atoms with E-state index in [1.54, 1.807) is 0 Å². The normalized spacial score (nSPS) is 14.1. The van der Waals surface area contributed by atoms with Crippen molar-refractivity contribution in [1.29, 1.82) is 0 Å². The van der Waals surface area contributed by atoms with E-state index in [2.05, 4.69) is 0 Å². The maximum Gasteiger partial charge on any atom is 1.00 e. The van der Waals surface area contributed by atoms with Gasteiger partial charge in [-0.2, -0.15) is 13.2 Å². The van der Waals surface area contributed by atoms with Gasteiger partial charge in [0.1, 0.15) is 10.1 Å². The van der Waals surface area contributed by atoms with Crippen LogP contribution in [0, 0.1) is 0 Å². The van der Waals surface area contributed by atoms with E-state index in [9.17, 15) is 30.5 Å². The first-order valence-electron chi connectivity index (χ1n) is 5.28. The van der Waals surface area contributed by atoms with E-state index in [0.717, 1.165) is 0 Å². The van der Waals surface area contributed by atoms with Crippen molar-refractivity contribution in [3.05, 3.63) is 0 Å². The van der Waals surface area contributed by atoms with E-state index in [4.69, 9.17) is 0 Å². The summed E-state index contributed by atoms with van der Waals surface area (Å²) >= 11 is 0. The van der Waals surface area contributed by atoms with Gasteiger partial charge in [0.2, 0.25) is 0 Å². The van der Waals surface area contributed by atoms with Crippen molar-refractivity contribution in [1.82, 2.24) is 0 Å². The SMILES string of the molecule is O=S(=O)([O-])C(F)CCCCCCCC(F)(F)F.[K+].